The fraction of sp³-hybridized carbons (Fsp3) is 0.667. The van der Waals surface area contributed by atoms with Gasteiger partial charge in [-0.25, -0.2) is 5.32 Å². The van der Waals surface area contributed by atoms with Crippen molar-refractivity contribution in [2.24, 2.45) is 0 Å². The van der Waals surface area contributed by atoms with E-state index in [-0.39, 0.29) is 0 Å². The van der Waals surface area contributed by atoms with Crippen LogP contribution in [0.1, 0.15) is 32.6 Å². The van der Waals surface area contributed by atoms with E-state index in [2.05, 4.69) is 36.2 Å². The van der Waals surface area contributed by atoms with Crippen molar-refractivity contribution in [2.75, 3.05) is 20.3 Å². The fourth-order valence-corrected chi connectivity index (χ4v) is 1.50. The molecule has 17 heavy (non-hydrogen) atoms. The Labute approximate surface area is 104 Å². The lowest BCUT2D eigenvalue weighted by molar-refractivity contribution is 0.291. The zero-order valence-corrected chi connectivity index (χ0v) is 10.7. The van der Waals surface area contributed by atoms with Gasteiger partial charge in [-0.15, -0.1) is 0 Å². The molecule has 94 valence electrons. The standard InChI is InChI=1S/C10H20N2.C2HN3/c1-3-4-5-6-7-12-9-8-11(2)10-12;3-1-5-2-4/h8-9H,3-7,10H2,1-2H3;5H. The first-order valence-electron chi connectivity index (χ1n) is 5.90. The lowest BCUT2D eigenvalue weighted by Gasteiger charge is -2.17. The zero-order valence-electron chi connectivity index (χ0n) is 10.7. The number of nitriles is 2. The van der Waals surface area contributed by atoms with Gasteiger partial charge < -0.3 is 9.80 Å². The smallest absolute Gasteiger partial charge is 0.190 e. The second-order valence-corrected chi connectivity index (χ2v) is 3.92. The Morgan fingerprint density at radius 2 is 1.88 bits per heavy atom. The Morgan fingerprint density at radius 3 is 2.29 bits per heavy atom. The summed E-state index contributed by atoms with van der Waals surface area (Å²) in [5.41, 5.74) is 0. The quantitative estimate of drug-likeness (QED) is 0.447. The minimum absolute atomic E-state index is 1.08. The van der Waals surface area contributed by atoms with Crippen molar-refractivity contribution in [3.05, 3.63) is 12.4 Å². The Bertz CT molecular complexity index is 274. The van der Waals surface area contributed by atoms with Crippen LogP contribution < -0.4 is 5.32 Å². The molecule has 0 aliphatic carbocycles. The topological polar surface area (TPSA) is 66.1 Å². The number of hydrogen-bond donors (Lipinski definition) is 1. The van der Waals surface area contributed by atoms with Gasteiger partial charge in [-0.2, -0.15) is 10.5 Å². The highest BCUT2D eigenvalue weighted by Crippen LogP contribution is 2.06. The second-order valence-electron chi connectivity index (χ2n) is 3.92. The predicted octanol–water partition coefficient (Wildman–Crippen LogP) is 1.78. The Hall–Kier alpha value is -1.88. The Balaban J connectivity index is 0.000000437. The molecule has 1 aliphatic rings. The summed E-state index contributed by atoms with van der Waals surface area (Å²) in [4.78, 5) is 4.58. The molecule has 1 heterocycles. The van der Waals surface area contributed by atoms with Crippen LogP contribution in [0, 0.1) is 22.9 Å². The van der Waals surface area contributed by atoms with Crippen molar-refractivity contribution in [3.63, 3.8) is 0 Å². The fourth-order valence-electron chi connectivity index (χ4n) is 1.50. The highest BCUT2D eigenvalue weighted by atomic mass is 15.3. The summed E-state index contributed by atoms with van der Waals surface area (Å²) in [7, 11) is 2.11. The second kappa shape index (κ2) is 10.6. The first-order chi connectivity index (χ1) is 8.24. The average Bonchev–Trinajstić information content (AvgIpc) is 2.73. The molecule has 0 aromatic carbocycles. The normalized spacial score (nSPS) is 12.5. The van der Waals surface area contributed by atoms with Gasteiger partial charge >= 0.3 is 0 Å². The van der Waals surface area contributed by atoms with E-state index in [0.29, 0.717) is 0 Å². The largest absolute Gasteiger partial charge is 0.362 e. The van der Waals surface area contributed by atoms with Crippen LogP contribution in [0.2, 0.25) is 0 Å². The molecule has 0 saturated carbocycles. The van der Waals surface area contributed by atoms with Crippen molar-refractivity contribution >= 4 is 0 Å². The van der Waals surface area contributed by atoms with Crippen molar-refractivity contribution in [1.82, 2.24) is 15.1 Å². The van der Waals surface area contributed by atoms with Crippen LogP contribution in [-0.4, -0.2) is 30.1 Å². The third-order valence-electron chi connectivity index (χ3n) is 2.35. The highest BCUT2D eigenvalue weighted by Gasteiger charge is 2.06. The number of unbranched alkanes of at least 4 members (excludes halogenated alkanes) is 3. The molecular formula is C12H21N5. The highest BCUT2D eigenvalue weighted by molar-refractivity contribution is 4.88. The van der Waals surface area contributed by atoms with Crippen LogP contribution in [0.5, 0.6) is 0 Å². The van der Waals surface area contributed by atoms with E-state index < -0.39 is 0 Å². The SMILES string of the molecule is CCCCCCN1C=CN(C)C1.N#CNC#N. The maximum absolute atomic E-state index is 7.48. The van der Waals surface area contributed by atoms with Gasteiger partial charge in [0, 0.05) is 26.0 Å². The minimum atomic E-state index is 1.08. The van der Waals surface area contributed by atoms with Crippen LogP contribution >= 0.6 is 0 Å². The summed E-state index contributed by atoms with van der Waals surface area (Å²) in [6.45, 7) is 4.55. The van der Waals surface area contributed by atoms with Crippen LogP contribution in [0.4, 0.5) is 0 Å². The van der Waals surface area contributed by atoms with E-state index in [9.17, 15) is 0 Å². The molecule has 0 amide bonds. The molecule has 5 heteroatoms. The lowest BCUT2D eigenvalue weighted by Crippen LogP contribution is -2.23. The number of nitrogens with zero attached hydrogens (tertiary/aromatic N) is 4. The molecule has 0 atom stereocenters. The monoisotopic (exact) mass is 235 g/mol. The van der Waals surface area contributed by atoms with Gasteiger partial charge in [-0.1, -0.05) is 26.2 Å². The molecule has 1 aliphatic heterocycles. The molecular weight excluding hydrogens is 214 g/mol. The molecule has 0 aromatic heterocycles. The summed E-state index contributed by atoms with van der Waals surface area (Å²) in [5, 5.41) is 16.7. The van der Waals surface area contributed by atoms with Crippen molar-refractivity contribution in [1.29, 1.82) is 10.5 Å². The summed E-state index contributed by atoms with van der Waals surface area (Å²) in [5.74, 6) is 0. The van der Waals surface area contributed by atoms with Gasteiger partial charge in [0.25, 0.3) is 0 Å². The molecule has 5 nitrogen and oxygen atoms in total. The van der Waals surface area contributed by atoms with E-state index in [1.54, 1.807) is 5.32 Å². The van der Waals surface area contributed by atoms with Gasteiger partial charge in [-0.3, -0.25) is 0 Å². The Kier molecular flexibility index (Phi) is 9.46. The van der Waals surface area contributed by atoms with Gasteiger partial charge in [0.1, 0.15) is 0 Å². The first-order valence-corrected chi connectivity index (χ1v) is 5.90. The maximum Gasteiger partial charge on any atom is 0.190 e. The molecule has 0 saturated heterocycles. The van der Waals surface area contributed by atoms with Crippen molar-refractivity contribution in [2.45, 2.75) is 32.6 Å². The predicted molar refractivity (Wildman–Crippen MR) is 67.0 cm³/mol. The molecule has 0 bridgehead atoms. The summed E-state index contributed by atoms with van der Waals surface area (Å²) in [6.07, 6.45) is 12.6. The Morgan fingerprint density at radius 1 is 1.18 bits per heavy atom. The van der Waals surface area contributed by atoms with Crippen LogP contribution in [-0.2, 0) is 0 Å². The number of nitrogens with one attached hydrogen (secondary N) is 1. The third kappa shape index (κ3) is 9.07. The molecule has 0 radical (unpaired) electrons. The molecule has 1 N–H and O–H groups in total. The molecule has 0 spiro atoms. The van der Waals surface area contributed by atoms with Crippen molar-refractivity contribution in [3.8, 4) is 12.4 Å². The van der Waals surface area contributed by atoms with Crippen LogP contribution in [0.15, 0.2) is 12.4 Å². The summed E-state index contributed by atoms with van der Waals surface area (Å²) < 4.78 is 0. The van der Waals surface area contributed by atoms with Crippen LogP contribution in [0.3, 0.4) is 0 Å². The molecule has 0 fully saturated rings. The lowest BCUT2D eigenvalue weighted by atomic mass is 10.2. The zero-order chi connectivity index (χ0) is 12.9. The van der Waals surface area contributed by atoms with Gasteiger partial charge in [0.2, 0.25) is 0 Å². The summed E-state index contributed by atoms with van der Waals surface area (Å²) >= 11 is 0. The summed E-state index contributed by atoms with van der Waals surface area (Å²) in [6, 6.07) is 0. The first kappa shape index (κ1) is 15.1. The average molecular weight is 235 g/mol. The van der Waals surface area contributed by atoms with Crippen LogP contribution in [0.25, 0.3) is 0 Å². The third-order valence-corrected chi connectivity index (χ3v) is 2.35. The van der Waals surface area contributed by atoms with Gasteiger partial charge in [0.05, 0.1) is 6.67 Å². The van der Waals surface area contributed by atoms with E-state index in [1.807, 2.05) is 0 Å². The van der Waals surface area contributed by atoms with Gasteiger partial charge in [-0.05, 0) is 6.42 Å². The van der Waals surface area contributed by atoms with Gasteiger partial charge in [0.15, 0.2) is 12.4 Å². The number of hydrogen-bond acceptors (Lipinski definition) is 5. The minimum Gasteiger partial charge on any atom is -0.362 e. The molecule has 1 rings (SSSR count). The molecule has 0 aromatic rings. The van der Waals surface area contributed by atoms with E-state index in [1.165, 1.54) is 44.6 Å². The maximum atomic E-state index is 7.48. The van der Waals surface area contributed by atoms with E-state index >= 15 is 0 Å². The molecule has 0 unspecified atom stereocenters. The number of rotatable bonds is 5. The van der Waals surface area contributed by atoms with E-state index in [4.69, 9.17) is 10.5 Å². The van der Waals surface area contributed by atoms with Crippen molar-refractivity contribution < 1.29 is 0 Å². The van der Waals surface area contributed by atoms with E-state index in [0.717, 1.165) is 6.67 Å².